The van der Waals surface area contributed by atoms with E-state index in [2.05, 4.69) is 38.9 Å². The Balaban J connectivity index is 1.45. The zero-order valence-electron chi connectivity index (χ0n) is 14.6. The fraction of sp³-hybridized carbons (Fsp3) is 0.421. The molecule has 1 aromatic carbocycles. The Kier molecular flexibility index (Phi) is 4.26. The van der Waals surface area contributed by atoms with Gasteiger partial charge in [0.25, 0.3) is 5.71 Å². The Hall–Kier alpha value is -2.63. The normalized spacial score (nSPS) is 15.7. The van der Waals surface area contributed by atoms with E-state index in [0.717, 1.165) is 49.4 Å². The molecule has 4 rings (SSSR count). The maximum absolute atomic E-state index is 6.11. The maximum atomic E-state index is 6.11. The molecule has 1 aliphatic heterocycles. The van der Waals surface area contributed by atoms with Crippen LogP contribution in [-0.2, 0) is 6.42 Å². The number of nitrogens with zero attached hydrogens (tertiary/aromatic N) is 4. The van der Waals surface area contributed by atoms with Gasteiger partial charge in [-0.1, -0.05) is 24.6 Å². The third-order valence-electron chi connectivity index (χ3n) is 4.59. The number of hydrogen-bond donors (Lipinski definition) is 0. The van der Waals surface area contributed by atoms with Crippen molar-refractivity contribution in [3.8, 4) is 5.75 Å². The molecule has 3 aromatic rings. The van der Waals surface area contributed by atoms with Crippen molar-refractivity contribution in [3.05, 3.63) is 42.0 Å². The predicted molar refractivity (Wildman–Crippen MR) is 96.0 cm³/mol. The van der Waals surface area contributed by atoms with E-state index in [1.807, 2.05) is 19.1 Å². The molecular weight excluding hydrogens is 316 g/mol. The number of benzene rings is 1. The highest BCUT2D eigenvalue weighted by atomic mass is 16.5. The van der Waals surface area contributed by atoms with Crippen LogP contribution in [-0.4, -0.2) is 34.1 Å². The molecule has 3 heterocycles. The lowest BCUT2D eigenvalue weighted by Gasteiger charge is -2.32. The summed E-state index contributed by atoms with van der Waals surface area (Å²) < 4.78 is 11.8. The van der Waals surface area contributed by atoms with Crippen molar-refractivity contribution in [2.75, 3.05) is 18.0 Å². The lowest BCUT2D eigenvalue weighted by Crippen LogP contribution is -2.38. The van der Waals surface area contributed by atoms with Crippen molar-refractivity contribution in [2.24, 2.45) is 0 Å². The second-order valence-electron chi connectivity index (χ2n) is 6.43. The van der Waals surface area contributed by atoms with Gasteiger partial charge in [0.1, 0.15) is 18.2 Å². The highest BCUT2D eigenvalue weighted by Gasteiger charge is 2.24. The summed E-state index contributed by atoms with van der Waals surface area (Å²) in [6.07, 6.45) is 4.45. The average molecular weight is 338 g/mol. The zero-order chi connectivity index (χ0) is 17.2. The minimum atomic E-state index is 0.236. The van der Waals surface area contributed by atoms with E-state index in [4.69, 9.17) is 9.15 Å². The van der Waals surface area contributed by atoms with Crippen molar-refractivity contribution in [3.63, 3.8) is 0 Å². The van der Waals surface area contributed by atoms with Crippen molar-refractivity contribution in [2.45, 2.75) is 39.2 Å². The molecule has 0 amide bonds. The summed E-state index contributed by atoms with van der Waals surface area (Å²) in [5.41, 5.74) is 2.58. The van der Waals surface area contributed by atoms with Gasteiger partial charge in [0, 0.05) is 32.4 Å². The lowest BCUT2D eigenvalue weighted by molar-refractivity contribution is 0.171. The fourth-order valence-electron chi connectivity index (χ4n) is 3.16. The van der Waals surface area contributed by atoms with E-state index in [1.54, 1.807) is 6.33 Å². The number of aryl methyl sites for hydroxylation is 2. The number of fused-ring (bicyclic) bond motifs is 1. The smallest absolute Gasteiger partial charge is 0.252 e. The Labute approximate surface area is 146 Å². The van der Waals surface area contributed by atoms with Crippen LogP contribution in [0.4, 0.5) is 5.82 Å². The number of hydrogen-bond acceptors (Lipinski definition) is 6. The van der Waals surface area contributed by atoms with Gasteiger partial charge in [-0.25, -0.2) is 9.97 Å². The van der Waals surface area contributed by atoms with E-state index < -0.39 is 0 Å². The standard InChI is InChI=1S/C19H22N4O2/c1-3-16-22-17-18(20-12-21-19(17)25-16)23-10-8-15(9-11-23)24-14-6-4-13(2)5-7-14/h4-7,12,15H,3,8-11H2,1-2H3. The average Bonchev–Trinajstić information content (AvgIpc) is 3.08. The van der Waals surface area contributed by atoms with Crippen LogP contribution in [0.25, 0.3) is 11.2 Å². The molecule has 0 bridgehead atoms. The summed E-state index contributed by atoms with van der Waals surface area (Å²) in [4.78, 5) is 15.4. The minimum absolute atomic E-state index is 0.236. The molecule has 0 atom stereocenters. The number of ether oxygens (including phenoxy) is 1. The van der Waals surface area contributed by atoms with Crippen molar-refractivity contribution in [1.29, 1.82) is 0 Å². The Morgan fingerprint density at radius 3 is 2.64 bits per heavy atom. The first kappa shape index (κ1) is 15.9. The number of oxazole rings is 1. The third kappa shape index (κ3) is 3.29. The molecule has 1 fully saturated rings. The molecule has 1 saturated heterocycles. The first-order chi connectivity index (χ1) is 12.2. The summed E-state index contributed by atoms with van der Waals surface area (Å²) in [5.74, 6) is 2.51. The number of aromatic nitrogens is 3. The molecule has 25 heavy (non-hydrogen) atoms. The molecule has 6 heteroatoms. The fourth-order valence-corrected chi connectivity index (χ4v) is 3.16. The predicted octanol–water partition coefficient (Wildman–Crippen LogP) is 3.54. The summed E-state index contributed by atoms with van der Waals surface area (Å²) in [6.45, 7) is 5.87. The van der Waals surface area contributed by atoms with Crippen molar-refractivity contribution < 1.29 is 9.15 Å². The quantitative estimate of drug-likeness (QED) is 0.725. The SMILES string of the molecule is CCc1nc2c(N3CCC(Oc4ccc(C)cc4)CC3)ncnc2o1. The van der Waals surface area contributed by atoms with E-state index in [0.29, 0.717) is 11.6 Å². The number of rotatable bonds is 4. The van der Waals surface area contributed by atoms with E-state index >= 15 is 0 Å². The first-order valence-corrected chi connectivity index (χ1v) is 8.81. The lowest BCUT2D eigenvalue weighted by atomic mass is 10.1. The molecule has 1 aliphatic rings. The molecule has 0 radical (unpaired) electrons. The van der Waals surface area contributed by atoms with Gasteiger partial charge in [-0.3, -0.25) is 0 Å². The van der Waals surface area contributed by atoms with Crippen LogP contribution in [0.5, 0.6) is 5.75 Å². The highest BCUT2D eigenvalue weighted by molar-refractivity contribution is 5.81. The Morgan fingerprint density at radius 2 is 1.92 bits per heavy atom. The van der Waals surface area contributed by atoms with Crippen molar-refractivity contribution in [1.82, 2.24) is 15.0 Å². The van der Waals surface area contributed by atoms with Crippen LogP contribution in [0, 0.1) is 6.92 Å². The van der Waals surface area contributed by atoms with Crippen LogP contribution in [0.2, 0.25) is 0 Å². The van der Waals surface area contributed by atoms with Crippen LogP contribution in [0.15, 0.2) is 35.0 Å². The number of piperidine rings is 1. The molecular formula is C19H22N4O2. The van der Waals surface area contributed by atoms with Crippen LogP contribution >= 0.6 is 0 Å². The van der Waals surface area contributed by atoms with Gasteiger partial charge >= 0.3 is 0 Å². The number of anilines is 1. The molecule has 6 nitrogen and oxygen atoms in total. The van der Waals surface area contributed by atoms with Gasteiger partial charge in [-0.15, -0.1) is 0 Å². The second kappa shape index (κ2) is 6.70. The Bertz CT molecular complexity index is 851. The van der Waals surface area contributed by atoms with Gasteiger partial charge in [0.2, 0.25) is 0 Å². The van der Waals surface area contributed by atoms with E-state index in [-0.39, 0.29) is 6.10 Å². The molecule has 0 N–H and O–H groups in total. The molecule has 130 valence electrons. The monoisotopic (exact) mass is 338 g/mol. The van der Waals surface area contributed by atoms with E-state index in [9.17, 15) is 0 Å². The third-order valence-corrected chi connectivity index (χ3v) is 4.59. The van der Waals surface area contributed by atoms with Gasteiger partial charge < -0.3 is 14.1 Å². The highest BCUT2D eigenvalue weighted by Crippen LogP contribution is 2.27. The minimum Gasteiger partial charge on any atom is -0.490 e. The maximum Gasteiger partial charge on any atom is 0.252 e. The molecule has 0 unspecified atom stereocenters. The first-order valence-electron chi connectivity index (χ1n) is 8.81. The van der Waals surface area contributed by atoms with Crippen molar-refractivity contribution >= 4 is 17.0 Å². The summed E-state index contributed by atoms with van der Waals surface area (Å²) in [7, 11) is 0. The Morgan fingerprint density at radius 1 is 1.16 bits per heavy atom. The van der Waals surface area contributed by atoms with Crippen LogP contribution in [0.1, 0.15) is 31.2 Å². The van der Waals surface area contributed by atoms with Gasteiger partial charge in [-0.05, 0) is 19.1 Å². The zero-order valence-corrected chi connectivity index (χ0v) is 14.6. The molecule has 0 spiro atoms. The second-order valence-corrected chi connectivity index (χ2v) is 6.43. The topological polar surface area (TPSA) is 64.3 Å². The molecule has 0 aliphatic carbocycles. The molecule has 0 saturated carbocycles. The summed E-state index contributed by atoms with van der Waals surface area (Å²) in [5, 5.41) is 0. The summed E-state index contributed by atoms with van der Waals surface area (Å²) in [6, 6.07) is 8.24. The van der Waals surface area contributed by atoms with Gasteiger partial charge in [0.05, 0.1) is 0 Å². The van der Waals surface area contributed by atoms with Crippen LogP contribution in [0.3, 0.4) is 0 Å². The largest absolute Gasteiger partial charge is 0.490 e. The van der Waals surface area contributed by atoms with E-state index in [1.165, 1.54) is 5.56 Å². The van der Waals surface area contributed by atoms with Gasteiger partial charge in [-0.2, -0.15) is 4.98 Å². The van der Waals surface area contributed by atoms with Gasteiger partial charge in [0.15, 0.2) is 17.2 Å². The summed E-state index contributed by atoms with van der Waals surface area (Å²) >= 11 is 0. The van der Waals surface area contributed by atoms with Crippen LogP contribution < -0.4 is 9.64 Å². The molecule has 2 aromatic heterocycles.